The van der Waals surface area contributed by atoms with Crippen LogP contribution in [0.3, 0.4) is 0 Å². The van der Waals surface area contributed by atoms with E-state index in [0.717, 1.165) is 30.3 Å². The van der Waals surface area contributed by atoms with Gasteiger partial charge in [0.25, 0.3) is 0 Å². The lowest BCUT2D eigenvalue weighted by molar-refractivity contribution is -0.131. The lowest BCUT2D eigenvalue weighted by Crippen LogP contribution is -2.38. The van der Waals surface area contributed by atoms with Crippen molar-refractivity contribution in [3.05, 3.63) is 29.8 Å². The first kappa shape index (κ1) is 13.3. The monoisotopic (exact) mass is 264 g/mol. The molecule has 1 atom stereocenters. The maximum atomic E-state index is 12.1. The fourth-order valence-electron chi connectivity index (χ4n) is 2.15. The van der Waals surface area contributed by atoms with E-state index in [2.05, 4.69) is 6.92 Å². The van der Waals surface area contributed by atoms with Gasteiger partial charge in [0.2, 0.25) is 5.91 Å². The molecule has 2 rings (SSSR count). The number of nitrogens with two attached hydrogens (primary N) is 1. The van der Waals surface area contributed by atoms with E-state index in [9.17, 15) is 4.79 Å². The molecule has 0 radical (unpaired) electrons. The Hall–Kier alpha value is -1.16. The van der Waals surface area contributed by atoms with E-state index in [-0.39, 0.29) is 11.8 Å². The summed E-state index contributed by atoms with van der Waals surface area (Å²) >= 11 is 1.93. The summed E-state index contributed by atoms with van der Waals surface area (Å²) in [6.07, 6.45) is 0.592. The van der Waals surface area contributed by atoms with Crippen LogP contribution < -0.4 is 5.73 Å². The molecule has 0 aromatic heterocycles. The van der Waals surface area contributed by atoms with Crippen LogP contribution in [-0.2, 0) is 4.79 Å². The number of nitrogen functional groups attached to an aromatic ring is 1. The summed E-state index contributed by atoms with van der Waals surface area (Å²) in [5.74, 6) is 2.68. The zero-order valence-electron chi connectivity index (χ0n) is 10.8. The van der Waals surface area contributed by atoms with Crippen molar-refractivity contribution in [3.8, 4) is 0 Å². The van der Waals surface area contributed by atoms with Crippen molar-refractivity contribution in [2.75, 3.05) is 30.3 Å². The first-order chi connectivity index (χ1) is 8.66. The van der Waals surface area contributed by atoms with Crippen molar-refractivity contribution in [3.63, 3.8) is 0 Å². The molecule has 1 heterocycles. The number of benzene rings is 1. The molecule has 0 aliphatic carbocycles. The average molecular weight is 264 g/mol. The van der Waals surface area contributed by atoms with Crippen molar-refractivity contribution in [1.29, 1.82) is 0 Å². The third kappa shape index (κ3) is 3.42. The van der Waals surface area contributed by atoms with Crippen LogP contribution in [-0.4, -0.2) is 35.4 Å². The van der Waals surface area contributed by atoms with Crippen LogP contribution in [0.2, 0.25) is 0 Å². The molecule has 1 saturated heterocycles. The van der Waals surface area contributed by atoms with Gasteiger partial charge in [-0.1, -0.05) is 19.1 Å². The zero-order chi connectivity index (χ0) is 13.0. The molecule has 1 unspecified atom stereocenters. The number of hydrogen-bond acceptors (Lipinski definition) is 3. The van der Waals surface area contributed by atoms with E-state index in [0.29, 0.717) is 6.42 Å². The third-order valence-corrected chi connectivity index (χ3v) is 4.29. The summed E-state index contributed by atoms with van der Waals surface area (Å²) in [6.45, 7) is 3.90. The van der Waals surface area contributed by atoms with E-state index in [4.69, 9.17) is 5.73 Å². The second-order valence-electron chi connectivity index (χ2n) is 4.76. The third-order valence-electron chi connectivity index (χ3n) is 3.35. The van der Waals surface area contributed by atoms with E-state index >= 15 is 0 Å². The molecule has 1 aliphatic heterocycles. The minimum absolute atomic E-state index is 0.257. The molecule has 0 saturated carbocycles. The molecule has 1 amide bonds. The number of rotatable bonds is 3. The zero-order valence-corrected chi connectivity index (χ0v) is 11.6. The summed E-state index contributed by atoms with van der Waals surface area (Å²) in [7, 11) is 0. The Morgan fingerprint density at radius 2 is 1.94 bits per heavy atom. The Morgan fingerprint density at radius 1 is 1.33 bits per heavy atom. The SMILES string of the molecule is CC(CC(=O)N1CCSCC1)c1ccc(N)cc1. The number of amides is 1. The van der Waals surface area contributed by atoms with Gasteiger partial charge in [0, 0.05) is 36.7 Å². The van der Waals surface area contributed by atoms with Crippen molar-refractivity contribution in [2.24, 2.45) is 0 Å². The molecule has 98 valence electrons. The molecular weight excluding hydrogens is 244 g/mol. The van der Waals surface area contributed by atoms with Crippen LogP contribution in [0.15, 0.2) is 24.3 Å². The first-order valence-corrected chi connectivity index (χ1v) is 7.53. The molecule has 1 aromatic rings. The van der Waals surface area contributed by atoms with Crippen LogP contribution in [0.4, 0.5) is 5.69 Å². The van der Waals surface area contributed by atoms with Crippen molar-refractivity contribution in [1.82, 2.24) is 4.90 Å². The van der Waals surface area contributed by atoms with Crippen molar-refractivity contribution < 1.29 is 4.79 Å². The van der Waals surface area contributed by atoms with E-state index in [1.54, 1.807) is 0 Å². The van der Waals surface area contributed by atoms with Crippen molar-refractivity contribution >= 4 is 23.4 Å². The predicted molar refractivity (Wildman–Crippen MR) is 77.8 cm³/mol. The fraction of sp³-hybridized carbons (Fsp3) is 0.500. The molecule has 18 heavy (non-hydrogen) atoms. The number of thioether (sulfide) groups is 1. The number of hydrogen-bond donors (Lipinski definition) is 1. The minimum atomic E-state index is 0.257. The highest BCUT2D eigenvalue weighted by molar-refractivity contribution is 7.99. The summed E-state index contributed by atoms with van der Waals surface area (Å²) in [5.41, 5.74) is 7.62. The quantitative estimate of drug-likeness (QED) is 0.852. The second-order valence-corrected chi connectivity index (χ2v) is 5.99. The predicted octanol–water partition coefficient (Wildman–Crippen LogP) is 2.34. The van der Waals surface area contributed by atoms with Gasteiger partial charge in [-0.2, -0.15) is 11.8 Å². The van der Waals surface area contributed by atoms with Gasteiger partial charge < -0.3 is 10.6 Å². The van der Waals surface area contributed by atoms with Gasteiger partial charge in [0.1, 0.15) is 0 Å². The molecule has 1 aliphatic rings. The summed E-state index contributed by atoms with van der Waals surface area (Å²) in [5, 5.41) is 0. The lowest BCUT2D eigenvalue weighted by atomic mass is 9.97. The highest BCUT2D eigenvalue weighted by Gasteiger charge is 2.19. The molecule has 4 heteroatoms. The Labute approximate surface area is 113 Å². The Balaban J connectivity index is 1.91. The number of carbonyl (C=O) groups excluding carboxylic acids is 1. The van der Waals surface area contributed by atoms with Crippen LogP contribution in [0.1, 0.15) is 24.8 Å². The average Bonchev–Trinajstić information content (AvgIpc) is 2.40. The second kappa shape index (κ2) is 6.14. The van der Waals surface area contributed by atoms with E-state index < -0.39 is 0 Å². The van der Waals surface area contributed by atoms with Crippen molar-refractivity contribution in [2.45, 2.75) is 19.3 Å². The lowest BCUT2D eigenvalue weighted by Gasteiger charge is -2.27. The highest BCUT2D eigenvalue weighted by Crippen LogP contribution is 2.22. The van der Waals surface area contributed by atoms with E-state index in [1.807, 2.05) is 40.9 Å². The van der Waals surface area contributed by atoms with E-state index in [1.165, 1.54) is 5.56 Å². The molecule has 1 aromatic carbocycles. The molecule has 0 bridgehead atoms. The largest absolute Gasteiger partial charge is 0.399 e. The molecule has 3 nitrogen and oxygen atoms in total. The maximum absolute atomic E-state index is 12.1. The van der Waals surface area contributed by atoms with Gasteiger partial charge in [-0.05, 0) is 23.6 Å². The minimum Gasteiger partial charge on any atom is -0.399 e. The smallest absolute Gasteiger partial charge is 0.223 e. The molecular formula is C14H20N2OS. The molecule has 1 fully saturated rings. The Bertz CT molecular complexity index is 399. The normalized spacial score (nSPS) is 17.5. The fourth-order valence-corrected chi connectivity index (χ4v) is 3.05. The van der Waals surface area contributed by atoms with Gasteiger partial charge >= 0.3 is 0 Å². The standard InChI is InChI=1S/C14H20N2OS/c1-11(12-2-4-13(15)5-3-12)10-14(17)16-6-8-18-9-7-16/h2-5,11H,6-10,15H2,1H3. The van der Waals surface area contributed by atoms with Crippen LogP contribution in [0.5, 0.6) is 0 Å². The van der Waals surface area contributed by atoms with Crippen LogP contribution in [0, 0.1) is 0 Å². The van der Waals surface area contributed by atoms with Gasteiger partial charge in [-0.3, -0.25) is 4.79 Å². The highest BCUT2D eigenvalue weighted by atomic mass is 32.2. The molecule has 0 spiro atoms. The van der Waals surface area contributed by atoms with Crippen LogP contribution >= 0.6 is 11.8 Å². The summed E-state index contributed by atoms with van der Waals surface area (Å²) in [4.78, 5) is 14.1. The number of anilines is 1. The topological polar surface area (TPSA) is 46.3 Å². The number of nitrogens with zero attached hydrogens (tertiary/aromatic N) is 1. The van der Waals surface area contributed by atoms with Gasteiger partial charge in [0.05, 0.1) is 0 Å². The van der Waals surface area contributed by atoms with Gasteiger partial charge in [-0.15, -0.1) is 0 Å². The van der Waals surface area contributed by atoms with Crippen LogP contribution in [0.25, 0.3) is 0 Å². The summed E-state index contributed by atoms with van der Waals surface area (Å²) in [6, 6.07) is 7.82. The molecule has 2 N–H and O–H groups in total. The maximum Gasteiger partial charge on any atom is 0.223 e. The van der Waals surface area contributed by atoms with Gasteiger partial charge in [-0.25, -0.2) is 0 Å². The first-order valence-electron chi connectivity index (χ1n) is 6.38. The Morgan fingerprint density at radius 3 is 2.56 bits per heavy atom. The van der Waals surface area contributed by atoms with Gasteiger partial charge in [0.15, 0.2) is 0 Å². The summed E-state index contributed by atoms with van der Waals surface area (Å²) < 4.78 is 0. The number of carbonyl (C=O) groups is 1. The Kier molecular flexibility index (Phi) is 4.53.